The van der Waals surface area contributed by atoms with Crippen molar-refractivity contribution in [3.8, 4) is 0 Å². The fraction of sp³-hybridized carbons (Fsp3) is 0.190. The van der Waals surface area contributed by atoms with Crippen LogP contribution in [0, 0.1) is 12.7 Å². The molecule has 1 aliphatic heterocycles. The van der Waals surface area contributed by atoms with Crippen LogP contribution in [0.3, 0.4) is 0 Å². The van der Waals surface area contributed by atoms with Crippen molar-refractivity contribution in [1.29, 1.82) is 0 Å². The van der Waals surface area contributed by atoms with Crippen molar-refractivity contribution in [2.45, 2.75) is 26.1 Å². The SMILES string of the molecule is Cc1cc(F)ccc1CN=C1C=CCC=C(c2cccc(C(F)(F)F)c2)N1. The lowest BCUT2D eigenvalue weighted by molar-refractivity contribution is -0.137. The van der Waals surface area contributed by atoms with Crippen molar-refractivity contribution >= 4 is 11.5 Å². The lowest BCUT2D eigenvalue weighted by Gasteiger charge is -2.13. The predicted molar refractivity (Wildman–Crippen MR) is 98.6 cm³/mol. The van der Waals surface area contributed by atoms with Gasteiger partial charge in [-0.3, -0.25) is 4.99 Å². The number of hydrogen-bond acceptors (Lipinski definition) is 1. The van der Waals surface area contributed by atoms with Crippen LogP contribution in [-0.2, 0) is 12.7 Å². The number of rotatable bonds is 3. The Morgan fingerprint density at radius 2 is 1.93 bits per heavy atom. The van der Waals surface area contributed by atoms with E-state index < -0.39 is 11.7 Å². The summed E-state index contributed by atoms with van der Waals surface area (Å²) in [5.41, 5.74) is 2.00. The van der Waals surface area contributed by atoms with E-state index >= 15 is 0 Å². The van der Waals surface area contributed by atoms with Crippen molar-refractivity contribution in [3.05, 3.63) is 88.8 Å². The van der Waals surface area contributed by atoms with Gasteiger partial charge in [-0.25, -0.2) is 4.39 Å². The second-order valence-corrected chi connectivity index (χ2v) is 6.23. The molecule has 27 heavy (non-hydrogen) atoms. The van der Waals surface area contributed by atoms with Crippen LogP contribution < -0.4 is 5.32 Å². The van der Waals surface area contributed by atoms with E-state index in [1.165, 1.54) is 18.2 Å². The summed E-state index contributed by atoms with van der Waals surface area (Å²) in [5, 5.41) is 3.09. The van der Waals surface area contributed by atoms with Gasteiger partial charge in [0.15, 0.2) is 0 Å². The van der Waals surface area contributed by atoms with Gasteiger partial charge in [0.1, 0.15) is 11.7 Å². The van der Waals surface area contributed by atoms with Crippen LogP contribution in [-0.4, -0.2) is 5.84 Å². The third kappa shape index (κ3) is 4.84. The van der Waals surface area contributed by atoms with Gasteiger partial charge in [0.2, 0.25) is 0 Å². The Morgan fingerprint density at radius 1 is 1.11 bits per heavy atom. The molecule has 140 valence electrons. The standard InChI is InChI=1S/C21H18F4N2/c1-14-11-18(22)10-9-16(14)13-26-20-8-3-2-7-19(27-20)15-5-4-6-17(12-15)21(23,24)25/h3-12H,2,13H2,1H3,(H,26,27). The highest BCUT2D eigenvalue weighted by Gasteiger charge is 2.30. The molecular weight excluding hydrogens is 356 g/mol. The number of nitrogens with zero attached hydrogens (tertiary/aromatic N) is 1. The molecule has 3 rings (SSSR count). The first-order valence-electron chi connectivity index (χ1n) is 8.44. The predicted octanol–water partition coefficient (Wildman–Crippen LogP) is 5.64. The Morgan fingerprint density at radius 3 is 2.67 bits per heavy atom. The third-order valence-electron chi connectivity index (χ3n) is 4.22. The highest BCUT2D eigenvalue weighted by Crippen LogP contribution is 2.30. The van der Waals surface area contributed by atoms with E-state index in [0.717, 1.165) is 23.3 Å². The molecule has 0 saturated carbocycles. The van der Waals surface area contributed by atoms with Crippen molar-refractivity contribution in [2.75, 3.05) is 0 Å². The fourth-order valence-corrected chi connectivity index (χ4v) is 2.75. The van der Waals surface area contributed by atoms with Crippen molar-refractivity contribution in [1.82, 2.24) is 5.32 Å². The summed E-state index contributed by atoms with van der Waals surface area (Å²) in [5.74, 6) is 0.242. The summed E-state index contributed by atoms with van der Waals surface area (Å²) in [7, 11) is 0. The van der Waals surface area contributed by atoms with E-state index in [1.54, 1.807) is 18.2 Å². The maximum atomic E-state index is 13.2. The van der Waals surface area contributed by atoms with Gasteiger partial charge in [0.05, 0.1) is 12.1 Å². The average molecular weight is 374 g/mol. The molecule has 0 radical (unpaired) electrons. The first-order valence-corrected chi connectivity index (χ1v) is 8.44. The monoisotopic (exact) mass is 374 g/mol. The highest BCUT2D eigenvalue weighted by atomic mass is 19.4. The number of halogens is 4. The van der Waals surface area contributed by atoms with Crippen LogP contribution in [0.1, 0.15) is 28.7 Å². The van der Waals surface area contributed by atoms with Crippen LogP contribution in [0.2, 0.25) is 0 Å². The molecule has 2 aromatic carbocycles. The van der Waals surface area contributed by atoms with E-state index in [1.807, 2.05) is 19.1 Å². The number of benzene rings is 2. The van der Waals surface area contributed by atoms with Gasteiger partial charge in [0.25, 0.3) is 0 Å². The molecule has 0 saturated heterocycles. The zero-order valence-corrected chi connectivity index (χ0v) is 14.6. The number of aryl methyl sites for hydroxylation is 1. The maximum absolute atomic E-state index is 13.2. The summed E-state index contributed by atoms with van der Waals surface area (Å²) in [6.07, 6.45) is 1.67. The highest BCUT2D eigenvalue weighted by molar-refractivity contribution is 5.99. The minimum atomic E-state index is -4.39. The molecule has 6 heteroatoms. The van der Waals surface area contributed by atoms with Crippen LogP contribution >= 0.6 is 0 Å². The fourth-order valence-electron chi connectivity index (χ4n) is 2.75. The Hall–Kier alpha value is -2.89. The summed E-state index contributed by atoms with van der Waals surface area (Å²) >= 11 is 0. The molecule has 0 aromatic heterocycles. The number of aliphatic imine (C=N–C) groups is 1. The van der Waals surface area contributed by atoms with Crippen LogP contribution in [0.25, 0.3) is 5.70 Å². The number of hydrogen-bond donors (Lipinski definition) is 1. The molecule has 2 nitrogen and oxygen atoms in total. The molecule has 0 spiro atoms. The van der Waals surface area contributed by atoms with Gasteiger partial charge in [-0.05, 0) is 60.4 Å². The third-order valence-corrected chi connectivity index (χ3v) is 4.22. The zero-order chi connectivity index (χ0) is 19.4. The Labute approximate surface area is 154 Å². The number of alkyl halides is 3. The van der Waals surface area contributed by atoms with Gasteiger partial charge >= 0.3 is 6.18 Å². The largest absolute Gasteiger partial charge is 0.416 e. The zero-order valence-electron chi connectivity index (χ0n) is 14.6. The van der Waals surface area contributed by atoms with E-state index in [0.29, 0.717) is 30.1 Å². The van der Waals surface area contributed by atoms with Crippen molar-refractivity contribution < 1.29 is 17.6 Å². The summed E-state index contributed by atoms with van der Waals surface area (Å²) in [4.78, 5) is 4.48. The summed E-state index contributed by atoms with van der Waals surface area (Å²) in [6.45, 7) is 2.15. The second kappa shape index (κ2) is 7.78. The molecule has 1 N–H and O–H groups in total. The van der Waals surface area contributed by atoms with Crippen molar-refractivity contribution in [3.63, 3.8) is 0 Å². The minimum Gasteiger partial charge on any atom is -0.340 e. The molecule has 0 bridgehead atoms. The van der Waals surface area contributed by atoms with E-state index in [-0.39, 0.29) is 5.82 Å². The molecule has 0 fully saturated rings. The first kappa shape index (κ1) is 18.9. The van der Waals surface area contributed by atoms with Gasteiger partial charge < -0.3 is 5.32 Å². The Kier molecular flexibility index (Phi) is 5.44. The average Bonchev–Trinajstić information content (AvgIpc) is 2.86. The van der Waals surface area contributed by atoms with E-state index in [9.17, 15) is 17.6 Å². The molecule has 1 heterocycles. The molecular formula is C21H18F4N2. The normalized spacial score (nSPS) is 16.0. The number of allylic oxidation sites excluding steroid dienone is 2. The lowest BCUT2D eigenvalue weighted by Crippen LogP contribution is -2.20. The summed E-state index contributed by atoms with van der Waals surface area (Å²) < 4.78 is 52.1. The molecule has 2 aromatic rings. The molecule has 0 aliphatic carbocycles. The van der Waals surface area contributed by atoms with E-state index in [2.05, 4.69) is 10.3 Å². The van der Waals surface area contributed by atoms with Gasteiger partial charge in [0, 0.05) is 5.70 Å². The number of nitrogens with one attached hydrogen (secondary N) is 1. The van der Waals surface area contributed by atoms with Gasteiger partial charge in [-0.2, -0.15) is 13.2 Å². The molecule has 0 amide bonds. The first-order chi connectivity index (χ1) is 12.8. The second-order valence-electron chi connectivity index (χ2n) is 6.23. The minimum absolute atomic E-state index is 0.300. The summed E-state index contributed by atoms with van der Waals surface area (Å²) in [6, 6.07) is 9.68. The topological polar surface area (TPSA) is 24.4 Å². The molecule has 0 atom stereocenters. The quantitative estimate of drug-likeness (QED) is 0.691. The Bertz CT molecular complexity index is 924. The lowest BCUT2D eigenvalue weighted by atomic mass is 10.1. The smallest absolute Gasteiger partial charge is 0.340 e. The van der Waals surface area contributed by atoms with Crippen LogP contribution in [0.15, 0.2) is 65.7 Å². The Balaban J connectivity index is 1.81. The van der Waals surface area contributed by atoms with Crippen LogP contribution in [0.5, 0.6) is 0 Å². The van der Waals surface area contributed by atoms with Gasteiger partial charge in [-0.1, -0.05) is 30.4 Å². The van der Waals surface area contributed by atoms with Crippen LogP contribution in [0.4, 0.5) is 17.6 Å². The van der Waals surface area contributed by atoms with E-state index in [4.69, 9.17) is 0 Å². The number of amidine groups is 1. The molecule has 1 aliphatic rings. The maximum Gasteiger partial charge on any atom is 0.416 e. The molecule has 0 unspecified atom stereocenters. The van der Waals surface area contributed by atoms with Gasteiger partial charge in [-0.15, -0.1) is 0 Å². The van der Waals surface area contributed by atoms with Crippen molar-refractivity contribution in [2.24, 2.45) is 4.99 Å².